The largest absolute Gasteiger partial charge is 0.352 e. The zero-order chi connectivity index (χ0) is 16.6. The Morgan fingerprint density at radius 1 is 1.08 bits per heavy atom. The molecule has 0 bridgehead atoms. The smallest absolute Gasteiger partial charge is 0.220 e. The zero-order valence-electron chi connectivity index (χ0n) is 14.7. The monoisotopic (exact) mass is 329 g/mol. The van der Waals surface area contributed by atoms with E-state index in [0.717, 1.165) is 32.0 Å². The first-order chi connectivity index (χ1) is 11.8. The lowest BCUT2D eigenvalue weighted by Crippen LogP contribution is -2.29. The van der Waals surface area contributed by atoms with Crippen LogP contribution in [0, 0.1) is 5.92 Å². The van der Waals surface area contributed by atoms with Crippen molar-refractivity contribution in [2.75, 3.05) is 26.2 Å². The van der Waals surface area contributed by atoms with E-state index in [9.17, 15) is 4.79 Å². The summed E-state index contributed by atoms with van der Waals surface area (Å²) >= 11 is 0. The fraction of sp³-hybridized carbons (Fsp3) is 0.650. The van der Waals surface area contributed by atoms with Gasteiger partial charge in [0.15, 0.2) is 0 Å². The molecule has 0 aromatic heterocycles. The molecule has 0 atom stereocenters. The van der Waals surface area contributed by atoms with Gasteiger partial charge in [0.1, 0.15) is 0 Å². The minimum absolute atomic E-state index is 0.190. The Bertz CT molecular complexity index is 502. The predicted molar refractivity (Wildman–Crippen MR) is 97.6 cm³/mol. The third kappa shape index (κ3) is 5.60. The van der Waals surface area contributed by atoms with E-state index in [2.05, 4.69) is 39.8 Å². The Morgan fingerprint density at radius 2 is 1.75 bits per heavy atom. The molecule has 24 heavy (non-hydrogen) atoms. The number of benzene rings is 1. The van der Waals surface area contributed by atoms with Gasteiger partial charge in [-0.25, -0.2) is 0 Å². The number of amides is 1. The highest BCUT2D eigenvalue weighted by atomic mass is 16.1. The lowest BCUT2D eigenvalue weighted by molar-refractivity contribution is -0.121. The van der Waals surface area contributed by atoms with E-state index in [4.69, 9.17) is 0 Å². The fourth-order valence-electron chi connectivity index (χ4n) is 3.76. The van der Waals surface area contributed by atoms with Crippen LogP contribution in [0.25, 0.3) is 0 Å². The molecular weight excluding hydrogens is 298 g/mol. The zero-order valence-corrected chi connectivity index (χ0v) is 14.7. The second-order valence-corrected chi connectivity index (χ2v) is 7.31. The van der Waals surface area contributed by atoms with Crippen molar-refractivity contribution in [2.24, 2.45) is 5.92 Å². The number of nitrogens with zero attached hydrogens (tertiary/aromatic N) is 1. The van der Waals surface area contributed by atoms with Crippen LogP contribution >= 0.6 is 0 Å². The Labute approximate surface area is 146 Å². The maximum absolute atomic E-state index is 12.0. The molecule has 0 radical (unpaired) electrons. The van der Waals surface area contributed by atoms with E-state index in [-0.39, 0.29) is 5.91 Å². The Morgan fingerprint density at radius 3 is 2.46 bits per heavy atom. The topological polar surface area (TPSA) is 44.4 Å². The van der Waals surface area contributed by atoms with Gasteiger partial charge >= 0.3 is 0 Å². The molecule has 3 rings (SSSR count). The molecule has 2 fully saturated rings. The molecule has 2 aliphatic heterocycles. The molecule has 2 aliphatic rings. The van der Waals surface area contributed by atoms with Gasteiger partial charge in [-0.15, -0.1) is 0 Å². The number of carbonyl (C=O) groups is 1. The van der Waals surface area contributed by atoms with Gasteiger partial charge in [-0.3, -0.25) is 9.69 Å². The summed E-state index contributed by atoms with van der Waals surface area (Å²) in [6.45, 7) is 6.38. The van der Waals surface area contributed by atoms with Crippen LogP contribution in [0.4, 0.5) is 0 Å². The van der Waals surface area contributed by atoms with Crippen molar-refractivity contribution in [1.82, 2.24) is 15.5 Å². The molecule has 4 heteroatoms. The average molecular weight is 329 g/mol. The molecule has 1 aromatic carbocycles. The van der Waals surface area contributed by atoms with Crippen molar-refractivity contribution in [2.45, 2.75) is 51.6 Å². The third-order valence-corrected chi connectivity index (χ3v) is 5.36. The van der Waals surface area contributed by atoms with Gasteiger partial charge in [-0.2, -0.15) is 0 Å². The maximum Gasteiger partial charge on any atom is 0.220 e. The van der Waals surface area contributed by atoms with Crippen LogP contribution < -0.4 is 10.6 Å². The van der Waals surface area contributed by atoms with Crippen LogP contribution in [-0.2, 0) is 17.9 Å². The van der Waals surface area contributed by atoms with Gasteiger partial charge in [-0.05, 0) is 75.3 Å². The molecule has 0 spiro atoms. The standard InChI is InChI=1S/C20H31N3O/c24-20(8-7-17-9-11-21-12-10-17)22-15-18-3-5-19(6-4-18)16-23-13-1-2-14-23/h3-6,17,21H,1-2,7-16H2,(H,22,24). The quantitative estimate of drug-likeness (QED) is 0.808. The van der Waals surface area contributed by atoms with Crippen molar-refractivity contribution in [3.63, 3.8) is 0 Å². The summed E-state index contributed by atoms with van der Waals surface area (Å²) in [7, 11) is 0. The number of rotatable bonds is 7. The van der Waals surface area contributed by atoms with Crippen LogP contribution in [0.15, 0.2) is 24.3 Å². The van der Waals surface area contributed by atoms with E-state index >= 15 is 0 Å². The molecule has 1 aromatic rings. The molecule has 2 N–H and O–H groups in total. The molecule has 2 saturated heterocycles. The van der Waals surface area contributed by atoms with Gasteiger partial charge in [-0.1, -0.05) is 24.3 Å². The van der Waals surface area contributed by atoms with Crippen LogP contribution in [0.5, 0.6) is 0 Å². The van der Waals surface area contributed by atoms with Crippen LogP contribution in [-0.4, -0.2) is 37.0 Å². The first-order valence-corrected chi connectivity index (χ1v) is 9.57. The summed E-state index contributed by atoms with van der Waals surface area (Å²) in [5, 5.41) is 6.44. The number of carbonyl (C=O) groups excluding carboxylic acids is 1. The van der Waals surface area contributed by atoms with Crippen molar-refractivity contribution in [3.05, 3.63) is 35.4 Å². The molecule has 2 heterocycles. The highest BCUT2D eigenvalue weighted by molar-refractivity contribution is 5.75. The number of hydrogen-bond donors (Lipinski definition) is 2. The minimum atomic E-state index is 0.190. The van der Waals surface area contributed by atoms with E-state index in [1.807, 2.05) is 0 Å². The number of piperidine rings is 1. The molecule has 0 aliphatic carbocycles. The summed E-state index contributed by atoms with van der Waals surface area (Å²) in [6.07, 6.45) is 6.79. The number of nitrogens with one attached hydrogen (secondary N) is 2. The summed E-state index contributed by atoms with van der Waals surface area (Å²) in [6, 6.07) is 8.71. The molecule has 132 valence electrons. The second kappa shape index (κ2) is 9.19. The number of likely N-dealkylation sites (tertiary alicyclic amines) is 1. The van der Waals surface area contributed by atoms with Crippen LogP contribution in [0.3, 0.4) is 0 Å². The number of hydrogen-bond acceptors (Lipinski definition) is 3. The van der Waals surface area contributed by atoms with Gasteiger partial charge in [0, 0.05) is 19.5 Å². The van der Waals surface area contributed by atoms with Gasteiger partial charge in [0.05, 0.1) is 0 Å². The first kappa shape index (κ1) is 17.4. The van der Waals surface area contributed by atoms with Crippen molar-refractivity contribution in [1.29, 1.82) is 0 Å². The van der Waals surface area contributed by atoms with Crippen LogP contribution in [0.1, 0.15) is 49.7 Å². The molecular formula is C20H31N3O. The lowest BCUT2D eigenvalue weighted by atomic mass is 9.93. The van der Waals surface area contributed by atoms with Crippen molar-refractivity contribution < 1.29 is 4.79 Å². The third-order valence-electron chi connectivity index (χ3n) is 5.36. The molecule has 1 amide bonds. The highest BCUT2D eigenvalue weighted by Gasteiger charge is 2.14. The summed E-state index contributed by atoms with van der Waals surface area (Å²) < 4.78 is 0. The molecule has 4 nitrogen and oxygen atoms in total. The van der Waals surface area contributed by atoms with Gasteiger partial charge in [0.25, 0.3) is 0 Å². The predicted octanol–water partition coefficient (Wildman–Crippen LogP) is 2.68. The Balaban J connectivity index is 1.35. The molecule has 0 unspecified atom stereocenters. The van der Waals surface area contributed by atoms with Crippen molar-refractivity contribution >= 4 is 5.91 Å². The summed E-state index contributed by atoms with van der Waals surface area (Å²) in [5.41, 5.74) is 2.56. The van der Waals surface area contributed by atoms with E-state index < -0.39 is 0 Å². The second-order valence-electron chi connectivity index (χ2n) is 7.31. The minimum Gasteiger partial charge on any atom is -0.352 e. The SMILES string of the molecule is O=C(CCC1CCNCC1)NCc1ccc(CN2CCCC2)cc1. The summed E-state index contributed by atoms with van der Waals surface area (Å²) in [4.78, 5) is 14.5. The van der Waals surface area contributed by atoms with Crippen molar-refractivity contribution in [3.8, 4) is 0 Å². The Hall–Kier alpha value is -1.39. The lowest BCUT2D eigenvalue weighted by Gasteiger charge is -2.22. The van der Waals surface area contributed by atoms with Gasteiger partial charge in [0.2, 0.25) is 5.91 Å². The molecule has 0 saturated carbocycles. The first-order valence-electron chi connectivity index (χ1n) is 9.57. The summed E-state index contributed by atoms with van der Waals surface area (Å²) in [5.74, 6) is 0.913. The van der Waals surface area contributed by atoms with E-state index in [1.54, 1.807) is 0 Å². The average Bonchev–Trinajstić information content (AvgIpc) is 3.13. The van der Waals surface area contributed by atoms with E-state index in [1.165, 1.54) is 49.9 Å². The fourth-order valence-corrected chi connectivity index (χ4v) is 3.76. The van der Waals surface area contributed by atoms with Gasteiger partial charge < -0.3 is 10.6 Å². The van der Waals surface area contributed by atoms with E-state index in [0.29, 0.717) is 13.0 Å². The van der Waals surface area contributed by atoms with Crippen LogP contribution in [0.2, 0.25) is 0 Å². The maximum atomic E-state index is 12.0. The Kier molecular flexibility index (Phi) is 6.67. The normalized spacial score (nSPS) is 19.5. The highest BCUT2D eigenvalue weighted by Crippen LogP contribution is 2.17.